The summed E-state index contributed by atoms with van der Waals surface area (Å²) in [5.41, 5.74) is 2.09. The van der Waals surface area contributed by atoms with Gasteiger partial charge in [-0.05, 0) is 61.9 Å². The van der Waals surface area contributed by atoms with Crippen LogP contribution in [0, 0.1) is 0 Å². The quantitative estimate of drug-likeness (QED) is 0.785. The molecule has 2 aromatic carbocycles. The van der Waals surface area contributed by atoms with Gasteiger partial charge >= 0.3 is 0 Å². The van der Waals surface area contributed by atoms with Crippen LogP contribution in [0.1, 0.15) is 30.1 Å². The fourth-order valence-electron chi connectivity index (χ4n) is 3.06. The number of carbonyl (C=O) groups is 1. The number of benzene rings is 2. The van der Waals surface area contributed by atoms with Gasteiger partial charge in [0.2, 0.25) is 0 Å². The van der Waals surface area contributed by atoms with Gasteiger partial charge in [0.15, 0.2) is 0 Å². The average Bonchev–Trinajstić information content (AvgIpc) is 3.11. The molecule has 8 heteroatoms. The van der Waals surface area contributed by atoms with Crippen LogP contribution >= 0.6 is 0 Å². The molecule has 29 heavy (non-hydrogen) atoms. The lowest BCUT2D eigenvalue weighted by Crippen LogP contribution is -2.20. The van der Waals surface area contributed by atoms with Gasteiger partial charge in [0.25, 0.3) is 15.9 Å². The van der Waals surface area contributed by atoms with E-state index < -0.39 is 10.0 Å². The minimum atomic E-state index is -3.76. The van der Waals surface area contributed by atoms with E-state index in [9.17, 15) is 13.2 Å². The Morgan fingerprint density at radius 2 is 1.79 bits per heavy atom. The number of hydrogen-bond donors (Lipinski definition) is 1. The Balaban J connectivity index is 1.69. The maximum Gasteiger partial charge on any atom is 0.283 e. The second kappa shape index (κ2) is 8.65. The largest absolute Gasteiger partial charge is 0.375 e. The molecular formula is C21H26N4O3S. The normalized spacial score (nSPS) is 15.6. The third-order valence-corrected chi connectivity index (χ3v) is 6.33. The zero-order chi connectivity index (χ0) is 21.0. The van der Waals surface area contributed by atoms with Gasteiger partial charge in [0.1, 0.15) is 5.84 Å². The Morgan fingerprint density at radius 3 is 2.34 bits per heavy atom. The first kappa shape index (κ1) is 20.9. The second-order valence-electron chi connectivity index (χ2n) is 7.05. The molecule has 0 atom stereocenters. The minimum Gasteiger partial charge on any atom is -0.375 e. The number of amidine groups is 1. The van der Waals surface area contributed by atoms with E-state index in [1.807, 2.05) is 31.1 Å². The van der Waals surface area contributed by atoms with Gasteiger partial charge in [-0.15, -0.1) is 4.40 Å². The van der Waals surface area contributed by atoms with Crippen molar-refractivity contribution < 1.29 is 13.2 Å². The van der Waals surface area contributed by atoms with Crippen molar-refractivity contribution in [3.8, 4) is 0 Å². The topological polar surface area (TPSA) is 82.1 Å². The zero-order valence-electron chi connectivity index (χ0n) is 16.9. The number of hydrogen-bond acceptors (Lipinski definition) is 4. The lowest BCUT2D eigenvalue weighted by atomic mass is 10.2. The van der Waals surface area contributed by atoms with E-state index in [2.05, 4.69) is 21.5 Å². The average molecular weight is 415 g/mol. The van der Waals surface area contributed by atoms with Crippen LogP contribution in [0.2, 0.25) is 0 Å². The summed E-state index contributed by atoms with van der Waals surface area (Å²) in [7, 11) is 0.0658. The highest BCUT2D eigenvalue weighted by molar-refractivity contribution is 7.90. The maximum atomic E-state index is 12.5. The van der Waals surface area contributed by atoms with Crippen LogP contribution in [0.15, 0.2) is 57.8 Å². The summed E-state index contributed by atoms with van der Waals surface area (Å²) < 4.78 is 28.9. The number of anilines is 2. The second-order valence-corrected chi connectivity index (χ2v) is 8.65. The number of amides is 1. The van der Waals surface area contributed by atoms with Gasteiger partial charge in [0, 0.05) is 50.5 Å². The van der Waals surface area contributed by atoms with Gasteiger partial charge in [-0.3, -0.25) is 4.79 Å². The fraction of sp³-hybridized carbons (Fsp3) is 0.333. The monoisotopic (exact) mass is 414 g/mol. The summed E-state index contributed by atoms with van der Waals surface area (Å²) in [4.78, 5) is 16.5. The van der Waals surface area contributed by atoms with E-state index >= 15 is 0 Å². The highest BCUT2D eigenvalue weighted by Gasteiger charge is 2.20. The van der Waals surface area contributed by atoms with Gasteiger partial charge in [0.05, 0.1) is 4.90 Å². The van der Waals surface area contributed by atoms with Crippen LogP contribution < -0.4 is 10.2 Å². The van der Waals surface area contributed by atoms with Crippen LogP contribution in [0.4, 0.5) is 11.4 Å². The number of nitrogens with one attached hydrogen (secondary N) is 1. The lowest BCUT2D eigenvalue weighted by Gasteiger charge is -2.16. The first-order valence-electron chi connectivity index (χ1n) is 9.58. The van der Waals surface area contributed by atoms with Crippen LogP contribution in [0.3, 0.4) is 0 Å². The molecule has 2 aromatic rings. The Morgan fingerprint density at radius 1 is 1.14 bits per heavy atom. The molecule has 0 radical (unpaired) electrons. The van der Waals surface area contributed by atoms with Gasteiger partial charge in [-0.2, -0.15) is 8.42 Å². The molecule has 0 saturated carbocycles. The molecule has 0 unspecified atom stereocenters. The smallest absolute Gasteiger partial charge is 0.283 e. The van der Waals surface area contributed by atoms with Crippen molar-refractivity contribution in [1.29, 1.82) is 0 Å². The molecule has 1 N–H and O–H groups in total. The van der Waals surface area contributed by atoms with Crippen molar-refractivity contribution in [3.05, 3.63) is 54.1 Å². The van der Waals surface area contributed by atoms with Crippen LogP contribution in [-0.4, -0.2) is 52.2 Å². The van der Waals surface area contributed by atoms with E-state index in [-0.39, 0.29) is 10.8 Å². The molecule has 7 nitrogen and oxygen atoms in total. The lowest BCUT2D eigenvalue weighted by molar-refractivity contribution is 0.102. The molecule has 1 aliphatic heterocycles. The molecule has 0 bridgehead atoms. The molecule has 1 heterocycles. The highest BCUT2D eigenvalue weighted by Crippen LogP contribution is 2.20. The maximum absolute atomic E-state index is 12.5. The summed E-state index contributed by atoms with van der Waals surface area (Å²) >= 11 is 0. The summed E-state index contributed by atoms with van der Waals surface area (Å²) in [5.74, 6) is 0.332. The van der Waals surface area contributed by atoms with Crippen LogP contribution in [0.25, 0.3) is 0 Å². The predicted molar refractivity (Wildman–Crippen MR) is 116 cm³/mol. The molecule has 1 saturated heterocycles. The predicted octanol–water partition coefficient (Wildman–Crippen LogP) is 3.21. The molecule has 1 amide bonds. The van der Waals surface area contributed by atoms with E-state index in [0.717, 1.165) is 25.2 Å². The number of rotatable bonds is 6. The molecular weight excluding hydrogens is 388 g/mol. The van der Waals surface area contributed by atoms with E-state index in [1.165, 1.54) is 12.1 Å². The van der Waals surface area contributed by atoms with Gasteiger partial charge in [-0.25, -0.2) is 0 Å². The van der Waals surface area contributed by atoms with E-state index in [4.69, 9.17) is 0 Å². The molecule has 1 fully saturated rings. The highest BCUT2D eigenvalue weighted by atomic mass is 32.2. The van der Waals surface area contributed by atoms with Crippen molar-refractivity contribution in [1.82, 2.24) is 4.90 Å². The third kappa shape index (κ3) is 4.95. The fourth-order valence-corrected chi connectivity index (χ4v) is 4.16. The number of sulfonamides is 1. The van der Waals surface area contributed by atoms with Crippen molar-refractivity contribution in [2.24, 2.45) is 4.40 Å². The van der Waals surface area contributed by atoms with Crippen molar-refractivity contribution in [3.63, 3.8) is 0 Å². The van der Waals surface area contributed by atoms with E-state index in [0.29, 0.717) is 23.5 Å². The number of nitrogens with zero attached hydrogens (tertiary/aromatic N) is 3. The summed E-state index contributed by atoms with van der Waals surface area (Å²) in [5, 5.41) is 2.79. The Hall–Kier alpha value is -2.87. The summed E-state index contributed by atoms with van der Waals surface area (Å²) in [6.07, 6.45) is 1.57. The first-order chi connectivity index (χ1) is 13.8. The van der Waals surface area contributed by atoms with Crippen molar-refractivity contribution in [2.45, 2.75) is 24.7 Å². The SMILES string of the molecule is CCN(C)c1ccc(C(=O)Nc2ccc(S(=O)(=O)/N=C3/CCCN3C)cc2)cc1. The molecule has 3 rings (SSSR count). The summed E-state index contributed by atoms with van der Waals surface area (Å²) in [6.45, 7) is 3.75. The number of carbonyl (C=O) groups excluding carboxylic acids is 1. The van der Waals surface area contributed by atoms with Crippen molar-refractivity contribution in [2.75, 3.05) is 37.4 Å². The Labute approximate surface area is 172 Å². The molecule has 1 aliphatic rings. The van der Waals surface area contributed by atoms with E-state index in [1.54, 1.807) is 24.3 Å². The standard InChI is InChI=1S/C21H26N4O3S/c1-4-24(2)18-11-7-16(8-12-18)21(26)22-17-9-13-19(14-10-17)29(27,28)23-20-6-5-15-25(20)3/h7-14H,4-6,15H2,1-3H3,(H,22,26)/b23-20-. The first-order valence-corrected chi connectivity index (χ1v) is 11.0. The Bertz CT molecular complexity index is 999. The zero-order valence-corrected chi connectivity index (χ0v) is 17.7. The molecule has 0 aliphatic carbocycles. The molecule has 0 aromatic heterocycles. The Kier molecular flexibility index (Phi) is 6.22. The molecule has 0 spiro atoms. The third-order valence-electron chi connectivity index (χ3n) is 5.01. The van der Waals surface area contributed by atoms with Crippen molar-refractivity contribution >= 4 is 33.1 Å². The number of likely N-dealkylation sites (tertiary alicyclic amines) is 1. The minimum absolute atomic E-state index is 0.107. The molecule has 154 valence electrons. The van der Waals surface area contributed by atoms with Crippen LogP contribution in [0.5, 0.6) is 0 Å². The van der Waals surface area contributed by atoms with Gasteiger partial charge < -0.3 is 15.1 Å². The van der Waals surface area contributed by atoms with Gasteiger partial charge in [-0.1, -0.05) is 0 Å². The van der Waals surface area contributed by atoms with Crippen LogP contribution in [-0.2, 0) is 10.0 Å². The summed E-state index contributed by atoms with van der Waals surface area (Å²) in [6, 6.07) is 13.4.